The molecule has 8 heteroatoms. The number of carbonyl (C=O) groups excluding carboxylic acids is 2. The Labute approximate surface area is 226 Å². The number of aryl methyl sites for hydroxylation is 1. The van der Waals surface area contributed by atoms with Gasteiger partial charge >= 0.3 is 0 Å². The molecule has 1 atom stereocenters. The maximum atomic E-state index is 12.2. The molecule has 38 heavy (non-hydrogen) atoms. The SMILES string of the molecule is CC(=O)N1CCN(Cc2ccc(OCCCN3CCCCC3=O)cc2)CC(O)(COc2ccc(C)cc2)C1. The summed E-state index contributed by atoms with van der Waals surface area (Å²) in [4.78, 5) is 29.9. The number of likely N-dealkylation sites (tertiary alicyclic amines) is 1. The van der Waals surface area contributed by atoms with Crippen LogP contribution in [0.1, 0.15) is 43.7 Å². The number of rotatable bonds is 10. The summed E-state index contributed by atoms with van der Waals surface area (Å²) in [5, 5.41) is 11.5. The molecular formula is C30H41N3O5. The Morgan fingerprint density at radius 1 is 0.947 bits per heavy atom. The zero-order chi connectivity index (χ0) is 27.0. The van der Waals surface area contributed by atoms with E-state index in [9.17, 15) is 14.7 Å². The molecule has 0 bridgehead atoms. The van der Waals surface area contributed by atoms with Gasteiger partial charge in [-0.05, 0) is 56.0 Å². The van der Waals surface area contributed by atoms with Crippen molar-refractivity contribution in [3.05, 3.63) is 59.7 Å². The summed E-state index contributed by atoms with van der Waals surface area (Å²) in [5.41, 5.74) is 1.06. The number of benzene rings is 2. The first kappa shape index (κ1) is 27.9. The van der Waals surface area contributed by atoms with Crippen molar-refractivity contribution in [2.24, 2.45) is 0 Å². The van der Waals surface area contributed by atoms with E-state index in [1.165, 1.54) is 0 Å². The van der Waals surface area contributed by atoms with E-state index >= 15 is 0 Å². The molecule has 0 aliphatic carbocycles. The fraction of sp³-hybridized carbons (Fsp3) is 0.533. The van der Waals surface area contributed by atoms with Gasteiger partial charge in [-0.25, -0.2) is 0 Å². The number of β-amino-alcohol motifs (C(OH)–C–C–N with tert-alkyl or cyclic N) is 1. The topological polar surface area (TPSA) is 82.6 Å². The molecule has 8 nitrogen and oxygen atoms in total. The quantitative estimate of drug-likeness (QED) is 0.482. The van der Waals surface area contributed by atoms with Crippen molar-refractivity contribution >= 4 is 11.8 Å². The van der Waals surface area contributed by atoms with E-state index in [2.05, 4.69) is 4.90 Å². The number of amides is 2. The highest BCUT2D eigenvalue weighted by atomic mass is 16.5. The van der Waals surface area contributed by atoms with E-state index in [1.54, 1.807) is 11.8 Å². The van der Waals surface area contributed by atoms with Crippen molar-refractivity contribution in [1.82, 2.24) is 14.7 Å². The Bertz CT molecular complexity index is 1060. The van der Waals surface area contributed by atoms with Crippen LogP contribution in [0.25, 0.3) is 0 Å². The third kappa shape index (κ3) is 8.20. The molecule has 0 saturated carbocycles. The lowest BCUT2D eigenvalue weighted by Gasteiger charge is -2.32. The van der Waals surface area contributed by atoms with E-state index in [0.29, 0.717) is 45.0 Å². The normalized spacial score (nSPS) is 20.8. The van der Waals surface area contributed by atoms with E-state index in [1.807, 2.05) is 60.4 Å². The molecule has 0 spiro atoms. The Balaban J connectivity index is 1.29. The lowest BCUT2D eigenvalue weighted by molar-refractivity contribution is -0.133. The van der Waals surface area contributed by atoms with E-state index in [4.69, 9.17) is 9.47 Å². The van der Waals surface area contributed by atoms with Crippen LogP contribution >= 0.6 is 0 Å². The zero-order valence-electron chi connectivity index (χ0n) is 22.7. The monoisotopic (exact) mass is 523 g/mol. The predicted octanol–water partition coefficient (Wildman–Crippen LogP) is 3.25. The molecule has 4 rings (SSSR count). The minimum Gasteiger partial charge on any atom is -0.494 e. The maximum Gasteiger partial charge on any atom is 0.222 e. The first-order valence-electron chi connectivity index (χ1n) is 13.7. The van der Waals surface area contributed by atoms with Crippen molar-refractivity contribution < 1.29 is 24.2 Å². The largest absolute Gasteiger partial charge is 0.494 e. The molecule has 1 N–H and O–H groups in total. The molecule has 2 heterocycles. The third-order valence-electron chi connectivity index (χ3n) is 7.26. The summed E-state index contributed by atoms with van der Waals surface area (Å²) in [6.07, 6.45) is 3.58. The minimum absolute atomic E-state index is 0.0493. The van der Waals surface area contributed by atoms with Gasteiger partial charge in [0, 0.05) is 52.6 Å². The van der Waals surface area contributed by atoms with Gasteiger partial charge in [0.1, 0.15) is 23.7 Å². The van der Waals surface area contributed by atoms with Crippen molar-refractivity contribution in [2.75, 3.05) is 52.5 Å². The zero-order valence-corrected chi connectivity index (χ0v) is 22.7. The second kappa shape index (κ2) is 13.1. The summed E-state index contributed by atoms with van der Waals surface area (Å²) < 4.78 is 11.8. The number of carbonyl (C=O) groups is 2. The number of hydrogen-bond acceptors (Lipinski definition) is 6. The Morgan fingerprint density at radius 3 is 2.37 bits per heavy atom. The lowest BCUT2D eigenvalue weighted by atomic mass is 10.0. The Morgan fingerprint density at radius 2 is 1.66 bits per heavy atom. The number of ether oxygens (including phenoxy) is 2. The van der Waals surface area contributed by atoms with Gasteiger partial charge in [0.2, 0.25) is 11.8 Å². The molecule has 2 aliphatic heterocycles. The van der Waals surface area contributed by atoms with Crippen molar-refractivity contribution in [3.8, 4) is 11.5 Å². The van der Waals surface area contributed by atoms with Gasteiger partial charge in [0.15, 0.2) is 0 Å². The van der Waals surface area contributed by atoms with Crippen molar-refractivity contribution in [1.29, 1.82) is 0 Å². The summed E-state index contributed by atoms with van der Waals surface area (Å²) in [5.74, 6) is 1.72. The molecule has 0 radical (unpaired) electrons. The molecule has 2 aromatic rings. The fourth-order valence-corrected chi connectivity index (χ4v) is 5.08. The summed E-state index contributed by atoms with van der Waals surface area (Å²) in [7, 11) is 0. The molecule has 2 saturated heterocycles. The average molecular weight is 524 g/mol. The molecular weight excluding hydrogens is 482 g/mol. The Kier molecular flexibility index (Phi) is 9.63. The third-order valence-corrected chi connectivity index (χ3v) is 7.26. The lowest BCUT2D eigenvalue weighted by Crippen LogP contribution is -2.51. The molecule has 2 aliphatic rings. The van der Waals surface area contributed by atoms with Gasteiger partial charge in [-0.15, -0.1) is 0 Å². The van der Waals surface area contributed by atoms with Crippen LogP contribution in [0.3, 0.4) is 0 Å². The van der Waals surface area contributed by atoms with Crippen molar-refractivity contribution in [3.63, 3.8) is 0 Å². The van der Waals surface area contributed by atoms with Crippen LogP contribution in [0.4, 0.5) is 0 Å². The molecule has 2 aromatic carbocycles. The van der Waals surface area contributed by atoms with Crippen LogP contribution in [0, 0.1) is 6.92 Å². The average Bonchev–Trinajstić information content (AvgIpc) is 3.07. The molecule has 206 valence electrons. The molecule has 0 aromatic heterocycles. The molecule has 2 fully saturated rings. The van der Waals surface area contributed by atoms with Crippen LogP contribution in [-0.4, -0.2) is 89.7 Å². The van der Waals surface area contributed by atoms with Crippen LogP contribution in [0.5, 0.6) is 11.5 Å². The predicted molar refractivity (Wildman–Crippen MR) is 146 cm³/mol. The van der Waals surface area contributed by atoms with E-state index in [-0.39, 0.29) is 25.0 Å². The first-order chi connectivity index (χ1) is 18.3. The number of aliphatic hydroxyl groups is 1. The second-order valence-electron chi connectivity index (χ2n) is 10.7. The Hall–Kier alpha value is -3.10. The van der Waals surface area contributed by atoms with Gasteiger partial charge < -0.3 is 24.4 Å². The highest BCUT2D eigenvalue weighted by Gasteiger charge is 2.36. The second-order valence-corrected chi connectivity index (χ2v) is 10.7. The number of hydrogen-bond donors (Lipinski definition) is 1. The van der Waals surface area contributed by atoms with Crippen LogP contribution in [0.2, 0.25) is 0 Å². The summed E-state index contributed by atoms with van der Waals surface area (Å²) in [6.45, 7) is 8.36. The smallest absolute Gasteiger partial charge is 0.222 e. The highest BCUT2D eigenvalue weighted by Crippen LogP contribution is 2.21. The molecule has 1 unspecified atom stereocenters. The number of piperidine rings is 1. The first-order valence-corrected chi connectivity index (χ1v) is 13.7. The van der Waals surface area contributed by atoms with Gasteiger partial charge in [-0.1, -0.05) is 29.8 Å². The molecule has 2 amide bonds. The summed E-state index contributed by atoms with van der Waals surface area (Å²) >= 11 is 0. The van der Waals surface area contributed by atoms with Crippen LogP contribution < -0.4 is 9.47 Å². The van der Waals surface area contributed by atoms with Gasteiger partial charge in [0.05, 0.1) is 13.2 Å². The van der Waals surface area contributed by atoms with Crippen molar-refractivity contribution in [2.45, 2.75) is 51.7 Å². The standard InChI is InChI=1S/C30H41N3O5/c1-24-7-11-28(12-8-24)38-23-30(36)21-31(17-18-33(22-30)25(2)34)20-26-9-13-27(14-10-26)37-19-5-16-32-15-4-3-6-29(32)35/h7-14,36H,3-6,15-23H2,1-2H3. The fourth-order valence-electron chi connectivity index (χ4n) is 5.08. The highest BCUT2D eigenvalue weighted by molar-refractivity contribution is 5.76. The number of nitrogens with zero attached hydrogens (tertiary/aromatic N) is 3. The van der Waals surface area contributed by atoms with Gasteiger partial charge in [-0.2, -0.15) is 0 Å². The summed E-state index contributed by atoms with van der Waals surface area (Å²) in [6, 6.07) is 15.8. The van der Waals surface area contributed by atoms with E-state index < -0.39 is 5.60 Å². The van der Waals surface area contributed by atoms with Crippen LogP contribution in [0.15, 0.2) is 48.5 Å². The van der Waals surface area contributed by atoms with Gasteiger partial charge in [-0.3, -0.25) is 14.5 Å². The minimum atomic E-state index is -1.19. The van der Waals surface area contributed by atoms with Gasteiger partial charge in [0.25, 0.3) is 0 Å². The van der Waals surface area contributed by atoms with E-state index in [0.717, 1.165) is 49.2 Å². The maximum absolute atomic E-state index is 12.2. The van der Waals surface area contributed by atoms with Crippen LogP contribution in [-0.2, 0) is 16.1 Å².